The van der Waals surface area contributed by atoms with Gasteiger partial charge in [0.05, 0.1) is 31.0 Å². The first-order valence-corrected chi connectivity index (χ1v) is 8.46. The van der Waals surface area contributed by atoms with Gasteiger partial charge in [-0.25, -0.2) is 26.8 Å². The Labute approximate surface area is 147 Å². The van der Waals surface area contributed by atoms with Crippen molar-refractivity contribution >= 4 is 27.6 Å². The molecule has 0 aromatic heterocycles. The van der Waals surface area contributed by atoms with Gasteiger partial charge in [0.25, 0.3) is 10.0 Å². The van der Waals surface area contributed by atoms with E-state index < -0.39 is 38.5 Å². The summed E-state index contributed by atoms with van der Waals surface area (Å²) in [4.78, 5) is 22.2. The second-order valence-electron chi connectivity index (χ2n) is 4.94. The molecular weight excluding hydrogens is 372 g/mol. The molecule has 0 spiro atoms. The van der Waals surface area contributed by atoms with Crippen molar-refractivity contribution < 1.29 is 36.3 Å². The number of hydrogen-bond acceptors (Lipinski definition) is 6. The maximum absolute atomic E-state index is 13.8. The van der Waals surface area contributed by atoms with E-state index in [1.165, 1.54) is 0 Å². The van der Waals surface area contributed by atoms with Gasteiger partial charge >= 0.3 is 11.9 Å². The topological polar surface area (TPSA) is 98.8 Å². The molecule has 0 unspecified atom stereocenters. The van der Waals surface area contributed by atoms with E-state index in [2.05, 4.69) is 9.47 Å². The molecule has 0 aliphatic carbocycles. The van der Waals surface area contributed by atoms with E-state index in [1.807, 2.05) is 4.72 Å². The summed E-state index contributed by atoms with van der Waals surface area (Å²) in [6.07, 6.45) is 0. The first kappa shape index (κ1) is 19.3. The monoisotopic (exact) mass is 385 g/mol. The largest absolute Gasteiger partial charge is 0.465 e. The Balaban J connectivity index is 2.54. The number of carbonyl (C=O) groups excluding carboxylic acids is 2. The third-order valence-electron chi connectivity index (χ3n) is 3.22. The highest BCUT2D eigenvalue weighted by Crippen LogP contribution is 2.24. The normalized spacial score (nSPS) is 10.9. The van der Waals surface area contributed by atoms with E-state index in [0.29, 0.717) is 0 Å². The molecule has 138 valence electrons. The Morgan fingerprint density at radius 3 is 1.81 bits per heavy atom. The Bertz CT molecular complexity index is 920. The minimum Gasteiger partial charge on any atom is -0.465 e. The summed E-state index contributed by atoms with van der Waals surface area (Å²) in [7, 11) is -2.50. The molecule has 0 amide bonds. The van der Waals surface area contributed by atoms with E-state index in [-0.39, 0.29) is 16.8 Å². The maximum Gasteiger partial charge on any atom is 0.337 e. The summed E-state index contributed by atoms with van der Waals surface area (Å²) in [5.74, 6) is -4.30. The van der Waals surface area contributed by atoms with Gasteiger partial charge in [0.2, 0.25) is 0 Å². The minimum atomic E-state index is -4.68. The van der Waals surface area contributed by atoms with E-state index in [0.717, 1.165) is 50.6 Å². The zero-order valence-electron chi connectivity index (χ0n) is 13.6. The highest BCUT2D eigenvalue weighted by molar-refractivity contribution is 7.92. The number of carbonyl (C=O) groups is 2. The Morgan fingerprint density at radius 2 is 1.38 bits per heavy atom. The van der Waals surface area contributed by atoms with Crippen LogP contribution >= 0.6 is 0 Å². The van der Waals surface area contributed by atoms with E-state index in [1.54, 1.807) is 0 Å². The minimum absolute atomic E-state index is 0.165. The lowest BCUT2D eigenvalue weighted by atomic mass is 10.1. The SMILES string of the molecule is COC(=O)c1cc(NS(=O)(=O)c2c(F)cccc2F)cc(C(=O)OC)c1. The van der Waals surface area contributed by atoms with Crippen LogP contribution in [-0.4, -0.2) is 34.6 Å². The predicted molar refractivity (Wildman–Crippen MR) is 86.3 cm³/mol. The fourth-order valence-electron chi connectivity index (χ4n) is 2.10. The molecule has 7 nitrogen and oxygen atoms in total. The molecule has 10 heteroatoms. The van der Waals surface area contributed by atoms with Crippen molar-refractivity contribution in [1.82, 2.24) is 0 Å². The lowest BCUT2D eigenvalue weighted by Gasteiger charge is -2.12. The Kier molecular flexibility index (Phi) is 5.56. The first-order chi connectivity index (χ1) is 12.2. The lowest BCUT2D eigenvalue weighted by Crippen LogP contribution is -2.17. The first-order valence-electron chi connectivity index (χ1n) is 6.98. The number of hydrogen-bond donors (Lipinski definition) is 1. The lowest BCUT2D eigenvalue weighted by molar-refractivity contribution is 0.0599. The molecular formula is C16H13F2NO6S. The molecule has 26 heavy (non-hydrogen) atoms. The number of esters is 2. The van der Waals surface area contributed by atoms with Gasteiger partial charge in [0.15, 0.2) is 4.90 Å². The van der Waals surface area contributed by atoms with Gasteiger partial charge < -0.3 is 9.47 Å². The van der Waals surface area contributed by atoms with Crippen LogP contribution in [0.1, 0.15) is 20.7 Å². The molecule has 0 fully saturated rings. The van der Waals surface area contributed by atoms with Crippen molar-refractivity contribution in [2.75, 3.05) is 18.9 Å². The van der Waals surface area contributed by atoms with Gasteiger partial charge in [-0.3, -0.25) is 4.72 Å². The molecule has 2 aromatic carbocycles. The maximum atomic E-state index is 13.8. The molecule has 2 aromatic rings. The number of sulfonamides is 1. The van der Waals surface area contributed by atoms with Crippen LogP contribution < -0.4 is 4.72 Å². The second-order valence-corrected chi connectivity index (χ2v) is 6.56. The van der Waals surface area contributed by atoms with E-state index in [4.69, 9.17) is 0 Å². The van der Waals surface area contributed by atoms with E-state index >= 15 is 0 Å². The van der Waals surface area contributed by atoms with Crippen LogP contribution in [0.4, 0.5) is 14.5 Å². The van der Waals surface area contributed by atoms with Gasteiger partial charge in [0, 0.05) is 0 Å². The summed E-state index contributed by atoms with van der Waals surface area (Å²) in [5, 5.41) is 0. The van der Waals surface area contributed by atoms with Gasteiger partial charge in [-0.05, 0) is 30.3 Å². The molecule has 0 saturated carbocycles. The third-order valence-corrected chi connectivity index (χ3v) is 4.65. The standard InChI is InChI=1S/C16H13F2NO6S/c1-24-15(20)9-6-10(16(21)25-2)8-11(7-9)19-26(22,23)14-12(17)4-3-5-13(14)18/h3-8,19H,1-2H3. The van der Waals surface area contributed by atoms with Crippen LogP contribution in [0.3, 0.4) is 0 Å². The third kappa shape index (κ3) is 3.97. The van der Waals surface area contributed by atoms with Gasteiger partial charge in [-0.2, -0.15) is 0 Å². The molecule has 0 atom stereocenters. The summed E-state index contributed by atoms with van der Waals surface area (Å²) in [6, 6.07) is 5.80. The predicted octanol–water partition coefficient (Wildman–Crippen LogP) is 2.34. The fraction of sp³-hybridized carbons (Fsp3) is 0.125. The van der Waals surface area contributed by atoms with Crippen molar-refractivity contribution in [2.24, 2.45) is 0 Å². The zero-order valence-corrected chi connectivity index (χ0v) is 14.4. The molecule has 0 heterocycles. The molecule has 0 saturated heterocycles. The van der Waals surface area contributed by atoms with Gasteiger partial charge in [0.1, 0.15) is 11.6 Å². The molecule has 1 N–H and O–H groups in total. The molecule has 0 bridgehead atoms. The zero-order chi connectivity index (χ0) is 19.5. The molecule has 0 aliphatic rings. The second kappa shape index (κ2) is 7.48. The van der Waals surface area contributed by atoms with Crippen LogP contribution in [0, 0.1) is 11.6 Å². The molecule has 0 aliphatic heterocycles. The Morgan fingerprint density at radius 1 is 0.923 bits per heavy atom. The van der Waals surface area contributed by atoms with Crippen LogP contribution in [0.5, 0.6) is 0 Å². The number of methoxy groups -OCH3 is 2. The average molecular weight is 385 g/mol. The number of halogens is 2. The van der Waals surface area contributed by atoms with Crippen LogP contribution in [0.25, 0.3) is 0 Å². The Hall–Kier alpha value is -3.01. The molecule has 0 radical (unpaired) electrons. The van der Waals surface area contributed by atoms with E-state index in [9.17, 15) is 26.8 Å². The van der Waals surface area contributed by atoms with Crippen molar-refractivity contribution in [3.05, 3.63) is 59.2 Å². The van der Waals surface area contributed by atoms with Crippen LogP contribution in [-0.2, 0) is 19.5 Å². The smallest absolute Gasteiger partial charge is 0.337 e. The van der Waals surface area contributed by atoms with Gasteiger partial charge in [-0.1, -0.05) is 6.07 Å². The highest BCUT2D eigenvalue weighted by atomic mass is 32.2. The number of rotatable bonds is 5. The fourth-order valence-corrected chi connectivity index (χ4v) is 3.28. The molecule has 2 rings (SSSR count). The number of anilines is 1. The van der Waals surface area contributed by atoms with Crippen LogP contribution in [0.2, 0.25) is 0 Å². The van der Waals surface area contributed by atoms with Crippen molar-refractivity contribution in [3.63, 3.8) is 0 Å². The van der Waals surface area contributed by atoms with Crippen molar-refractivity contribution in [1.29, 1.82) is 0 Å². The highest BCUT2D eigenvalue weighted by Gasteiger charge is 2.25. The van der Waals surface area contributed by atoms with Crippen molar-refractivity contribution in [2.45, 2.75) is 4.90 Å². The summed E-state index contributed by atoms with van der Waals surface area (Å²) in [5.41, 5.74) is -0.611. The van der Waals surface area contributed by atoms with Crippen molar-refractivity contribution in [3.8, 4) is 0 Å². The number of nitrogens with one attached hydrogen (secondary N) is 1. The summed E-state index contributed by atoms with van der Waals surface area (Å²) >= 11 is 0. The number of benzene rings is 2. The summed E-state index contributed by atoms with van der Waals surface area (Å²) < 4.78 is 63.2. The average Bonchev–Trinajstić information content (AvgIpc) is 2.59. The number of ether oxygens (including phenoxy) is 2. The van der Waals surface area contributed by atoms with Crippen LogP contribution in [0.15, 0.2) is 41.3 Å². The quantitative estimate of drug-likeness (QED) is 0.794. The van der Waals surface area contributed by atoms with Gasteiger partial charge in [-0.15, -0.1) is 0 Å². The summed E-state index contributed by atoms with van der Waals surface area (Å²) in [6.45, 7) is 0.